The molecule has 1 aromatic rings. The van der Waals surface area contributed by atoms with Crippen molar-refractivity contribution in [3.63, 3.8) is 0 Å². The number of carbonyl (C=O) groups excluding carboxylic acids is 1. The van der Waals surface area contributed by atoms with Crippen LogP contribution in [0.1, 0.15) is 23.2 Å². The topological polar surface area (TPSA) is 79.5 Å². The van der Waals surface area contributed by atoms with Crippen LogP contribution in [0.3, 0.4) is 0 Å². The van der Waals surface area contributed by atoms with Crippen molar-refractivity contribution in [2.75, 3.05) is 6.54 Å². The summed E-state index contributed by atoms with van der Waals surface area (Å²) in [6.45, 7) is 0.551. The lowest BCUT2D eigenvalue weighted by Gasteiger charge is -2.31. The van der Waals surface area contributed by atoms with Crippen molar-refractivity contribution in [2.45, 2.75) is 18.9 Å². The molecule has 1 aliphatic carbocycles. The average molecular weight is 223 g/mol. The summed E-state index contributed by atoms with van der Waals surface area (Å²) in [5, 5.41) is 11.8. The summed E-state index contributed by atoms with van der Waals surface area (Å²) < 4.78 is 4.59. The van der Waals surface area contributed by atoms with Gasteiger partial charge in [0, 0.05) is 12.6 Å². The minimum atomic E-state index is -0.473. The molecule has 1 aliphatic rings. The maximum Gasteiger partial charge on any atom is 0.335 e. The number of amides is 1. The van der Waals surface area contributed by atoms with Crippen LogP contribution in [0.25, 0.3) is 0 Å². The van der Waals surface area contributed by atoms with E-state index in [4.69, 9.17) is 5.11 Å². The van der Waals surface area contributed by atoms with Gasteiger partial charge >= 0.3 is 5.63 Å². The van der Waals surface area contributed by atoms with E-state index >= 15 is 0 Å². The van der Waals surface area contributed by atoms with E-state index in [1.807, 2.05) is 0 Å². The second kappa shape index (κ2) is 4.49. The molecule has 0 spiro atoms. The van der Waals surface area contributed by atoms with Gasteiger partial charge in [-0.05, 0) is 24.8 Å². The quantitative estimate of drug-likeness (QED) is 0.764. The normalized spacial score (nSPS) is 23.6. The summed E-state index contributed by atoms with van der Waals surface area (Å²) in [5.74, 6) is 0.0970. The third kappa shape index (κ3) is 2.49. The van der Waals surface area contributed by atoms with Crippen molar-refractivity contribution < 1.29 is 14.3 Å². The van der Waals surface area contributed by atoms with E-state index in [1.54, 1.807) is 0 Å². The van der Waals surface area contributed by atoms with E-state index in [9.17, 15) is 9.59 Å². The molecule has 0 saturated heterocycles. The summed E-state index contributed by atoms with van der Waals surface area (Å²) in [7, 11) is 0. The highest BCUT2D eigenvalue weighted by Gasteiger charge is 2.27. The Morgan fingerprint density at radius 1 is 1.50 bits per heavy atom. The van der Waals surface area contributed by atoms with Crippen LogP contribution >= 0.6 is 0 Å². The van der Waals surface area contributed by atoms with E-state index in [0.29, 0.717) is 18.0 Å². The molecule has 0 radical (unpaired) electrons. The molecular formula is C11H13NO4. The third-order valence-corrected chi connectivity index (χ3v) is 2.73. The van der Waals surface area contributed by atoms with Crippen molar-refractivity contribution in [1.82, 2.24) is 5.32 Å². The Morgan fingerprint density at radius 3 is 2.81 bits per heavy atom. The zero-order valence-electron chi connectivity index (χ0n) is 8.68. The number of nitrogens with one attached hydrogen (secondary N) is 1. The molecule has 16 heavy (non-hydrogen) atoms. The van der Waals surface area contributed by atoms with Crippen molar-refractivity contribution in [1.29, 1.82) is 0 Å². The average Bonchev–Trinajstić information content (AvgIpc) is 2.23. The van der Waals surface area contributed by atoms with E-state index in [1.165, 1.54) is 12.1 Å². The monoisotopic (exact) mass is 223 g/mol. The van der Waals surface area contributed by atoms with Crippen molar-refractivity contribution in [2.24, 2.45) is 5.92 Å². The fourth-order valence-electron chi connectivity index (χ4n) is 1.69. The number of aliphatic hydroxyl groups is 1. The van der Waals surface area contributed by atoms with Crippen LogP contribution in [0.2, 0.25) is 0 Å². The maximum absolute atomic E-state index is 11.5. The second-order valence-corrected chi connectivity index (χ2v) is 4.04. The molecule has 1 aromatic heterocycles. The first-order valence-corrected chi connectivity index (χ1v) is 5.20. The van der Waals surface area contributed by atoms with Gasteiger partial charge in [-0.3, -0.25) is 4.79 Å². The molecule has 0 aliphatic heterocycles. The highest BCUT2D eigenvalue weighted by molar-refractivity contribution is 5.93. The lowest BCUT2D eigenvalue weighted by molar-refractivity contribution is 0.0420. The maximum atomic E-state index is 11.5. The summed E-state index contributed by atoms with van der Waals surface area (Å²) in [5.41, 5.74) is -0.141. The molecule has 1 heterocycles. The predicted molar refractivity (Wildman–Crippen MR) is 56.0 cm³/mol. The molecule has 1 fully saturated rings. The minimum absolute atomic E-state index is 0.211. The van der Waals surface area contributed by atoms with Crippen LogP contribution in [-0.4, -0.2) is 23.7 Å². The zero-order valence-corrected chi connectivity index (χ0v) is 8.68. The van der Waals surface area contributed by atoms with E-state index in [2.05, 4.69) is 9.73 Å². The van der Waals surface area contributed by atoms with Gasteiger partial charge in [-0.1, -0.05) is 0 Å². The van der Waals surface area contributed by atoms with Crippen LogP contribution in [0.5, 0.6) is 0 Å². The van der Waals surface area contributed by atoms with Gasteiger partial charge in [0.1, 0.15) is 6.26 Å². The van der Waals surface area contributed by atoms with Gasteiger partial charge < -0.3 is 14.8 Å². The molecule has 5 nitrogen and oxygen atoms in total. The molecule has 5 heteroatoms. The molecule has 0 aromatic carbocycles. The first-order chi connectivity index (χ1) is 7.65. The van der Waals surface area contributed by atoms with Crippen LogP contribution < -0.4 is 10.9 Å². The summed E-state index contributed by atoms with van der Waals surface area (Å²) in [6.07, 6.45) is 2.42. The lowest BCUT2D eigenvalue weighted by Crippen LogP contribution is -2.38. The predicted octanol–water partition coefficient (Wildman–Crippen LogP) is 0.141. The Hall–Kier alpha value is -1.62. The number of carbonyl (C=O) groups is 1. The van der Waals surface area contributed by atoms with Gasteiger partial charge in [-0.15, -0.1) is 0 Å². The standard InChI is InChI=1S/C11H13NO4/c13-9-3-7(4-9)5-12-11(15)8-1-2-10(14)16-6-8/h1-2,6-7,9,13H,3-5H2,(H,12,15). The van der Waals surface area contributed by atoms with Crippen LogP contribution in [0, 0.1) is 5.92 Å². The lowest BCUT2D eigenvalue weighted by atomic mass is 9.82. The molecule has 0 unspecified atom stereocenters. The van der Waals surface area contributed by atoms with E-state index < -0.39 is 5.63 Å². The van der Waals surface area contributed by atoms with Gasteiger partial charge in [0.2, 0.25) is 0 Å². The highest BCUT2D eigenvalue weighted by Crippen LogP contribution is 2.26. The number of rotatable bonds is 3. The zero-order chi connectivity index (χ0) is 11.5. The van der Waals surface area contributed by atoms with Crippen LogP contribution in [0.4, 0.5) is 0 Å². The SMILES string of the molecule is O=C(NCC1CC(O)C1)c1ccc(=O)oc1. The van der Waals surface area contributed by atoms with Crippen molar-refractivity contribution in [3.05, 3.63) is 34.4 Å². The van der Waals surface area contributed by atoms with Gasteiger partial charge in [0.05, 0.1) is 11.7 Å². The molecule has 1 amide bonds. The van der Waals surface area contributed by atoms with Gasteiger partial charge in [0.15, 0.2) is 0 Å². The Kier molecular flexibility index (Phi) is 3.05. The Morgan fingerprint density at radius 2 is 2.25 bits per heavy atom. The largest absolute Gasteiger partial charge is 0.430 e. The van der Waals surface area contributed by atoms with Gasteiger partial charge in [-0.25, -0.2) is 4.79 Å². The molecular weight excluding hydrogens is 210 g/mol. The van der Waals surface area contributed by atoms with E-state index in [0.717, 1.165) is 19.1 Å². The highest BCUT2D eigenvalue weighted by atomic mass is 16.4. The molecule has 2 rings (SSSR count). The second-order valence-electron chi connectivity index (χ2n) is 4.04. The molecule has 0 bridgehead atoms. The third-order valence-electron chi connectivity index (χ3n) is 2.73. The molecule has 2 N–H and O–H groups in total. The fraction of sp³-hybridized carbons (Fsp3) is 0.455. The van der Waals surface area contributed by atoms with Crippen molar-refractivity contribution >= 4 is 5.91 Å². The Labute approximate surface area is 92.1 Å². The summed E-state index contributed by atoms with van der Waals surface area (Å²) in [4.78, 5) is 22.2. The van der Waals surface area contributed by atoms with Crippen LogP contribution in [-0.2, 0) is 0 Å². The smallest absolute Gasteiger partial charge is 0.335 e. The van der Waals surface area contributed by atoms with Gasteiger partial charge in [0.25, 0.3) is 5.91 Å². The van der Waals surface area contributed by atoms with E-state index in [-0.39, 0.29) is 12.0 Å². The van der Waals surface area contributed by atoms with Crippen molar-refractivity contribution in [3.8, 4) is 0 Å². The summed E-state index contributed by atoms with van der Waals surface area (Å²) in [6, 6.07) is 2.64. The van der Waals surface area contributed by atoms with Crippen LogP contribution in [0.15, 0.2) is 27.6 Å². The summed E-state index contributed by atoms with van der Waals surface area (Å²) >= 11 is 0. The molecule has 86 valence electrons. The van der Waals surface area contributed by atoms with Gasteiger partial charge in [-0.2, -0.15) is 0 Å². The Balaban J connectivity index is 1.83. The minimum Gasteiger partial charge on any atom is -0.430 e. The molecule has 0 atom stereocenters. The number of aliphatic hydroxyl groups excluding tert-OH is 1. The fourth-order valence-corrected chi connectivity index (χ4v) is 1.69. The first kappa shape index (κ1) is 10.9. The molecule has 1 saturated carbocycles. The number of hydrogen-bond acceptors (Lipinski definition) is 4. The Bertz CT molecular complexity index is 413. The number of hydrogen-bond donors (Lipinski definition) is 2. The first-order valence-electron chi connectivity index (χ1n) is 5.20.